The number of anilines is 1. The van der Waals surface area contributed by atoms with E-state index < -0.39 is 0 Å². The average molecular weight is 471 g/mol. The third-order valence-electron chi connectivity index (χ3n) is 5.67. The number of fused-ring (bicyclic) bond motifs is 1. The molecule has 2 aromatic carbocycles. The van der Waals surface area contributed by atoms with Crippen LogP contribution in [0, 0.1) is 11.7 Å². The van der Waals surface area contributed by atoms with Crippen molar-refractivity contribution in [3.05, 3.63) is 70.1 Å². The van der Waals surface area contributed by atoms with Crippen molar-refractivity contribution in [1.82, 2.24) is 24.8 Å². The number of rotatable bonds is 6. The van der Waals surface area contributed by atoms with Crippen LogP contribution in [0.25, 0.3) is 22.6 Å². The molecule has 9 heteroatoms. The summed E-state index contributed by atoms with van der Waals surface area (Å²) in [5.41, 5.74) is 2.57. The van der Waals surface area contributed by atoms with Gasteiger partial charge in [0.25, 0.3) is 0 Å². The fraction of sp³-hybridized carbons (Fsp3) is 0.261. The fourth-order valence-electron chi connectivity index (χ4n) is 4.02. The van der Waals surface area contributed by atoms with Crippen LogP contribution >= 0.6 is 23.2 Å². The molecule has 0 aliphatic carbocycles. The Hall–Kier alpha value is -2.74. The molecule has 0 saturated carbocycles. The molecule has 4 aromatic rings. The van der Waals surface area contributed by atoms with Gasteiger partial charge in [-0.05, 0) is 43.6 Å². The predicted molar refractivity (Wildman–Crippen MR) is 125 cm³/mol. The fourth-order valence-corrected chi connectivity index (χ4v) is 4.59. The molecule has 164 valence electrons. The predicted octanol–water partition coefficient (Wildman–Crippen LogP) is 5.16. The third-order valence-corrected chi connectivity index (χ3v) is 6.30. The average Bonchev–Trinajstić information content (AvgIpc) is 3.42. The van der Waals surface area contributed by atoms with Crippen LogP contribution in [-0.2, 0) is 13.1 Å². The van der Waals surface area contributed by atoms with E-state index in [1.807, 2.05) is 6.07 Å². The molecule has 0 radical (unpaired) electrons. The Labute approximate surface area is 194 Å². The van der Waals surface area contributed by atoms with Gasteiger partial charge in [-0.1, -0.05) is 47.5 Å². The molecule has 5 rings (SSSR count). The van der Waals surface area contributed by atoms with Crippen LogP contribution in [0.15, 0.2) is 48.7 Å². The van der Waals surface area contributed by atoms with Crippen molar-refractivity contribution in [2.24, 2.45) is 5.92 Å². The second-order valence-electron chi connectivity index (χ2n) is 7.85. The van der Waals surface area contributed by atoms with Crippen LogP contribution in [0.2, 0.25) is 10.0 Å². The number of nitrogens with one attached hydrogen (secondary N) is 2. The van der Waals surface area contributed by atoms with Gasteiger partial charge in [-0.2, -0.15) is 4.98 Å². The van der Waals surface area contributed by atoms with Crippen LogP contribution in [0.5, 0.6) is 0 Å². The lowest BCUT2D eigenvalue weighted by atomic mass is 10.1. The Bertz CT molecular complexity index is 1250. The van der Waals surface area contributed by atoms with Gasteiger partial charge in [0.2, 0.25) is 5.95 Å². The van der Waals surface area contributed by atoms with E-state index in [-0.39, 0.29) is 12.4 Å². The first-order valence-electron chi connectivity index (χ1n) is 10.5. The Morgan fingerprint density at radius 2 is 1.91 bits per heavy atom. The van der Waals surface area contributed by atoms with Crippen molar-refractivity contribution in [3.8, 4) is 11.4 Å². The second-order valence-corrected chi connectivity index (χ2v) is 8.66. The molecular weight excluding hydrogens is 450 g/mol. The van der Waals surface area contributed by atoms with Gasteiger partial charge in [0.05, 0.1) is 21.8 Å². The maximum Gasteiger partial charge on any atom is 0.225 e. The van der Waals surface area contributed by atoms with Gasteiger partial charge < -0.3 is 15.2 Å². The molecule has 1 aliphatic rings. The maximum absolute atomic E-state index is 14.0. The summed E-state index contributed by atoms with van der Waals surface area (Å²) in [6, 6.07) is 12.1. The summed E-state index contributed by atoms with van der Waals surface area (Å²) >= 11 is 13.0. The van der Waals surface area contributed by atoms with E-state index in [1.165, 1.54) is 6.07 Å². The molecule has 1 fully saturated rings. The summed E-state index contributed by atoms with van der Waals surface area (Å²) in [7, 11) is 0. The molecule has 0 bridgehead atoms. The topological polar surface area (TPSA) is 67.7 Å². The Morgan fingerprint density at radius 1 is 1.09 bits per heavy atom. The lowest BCUT2D eigenvalue weighted by Gasteiger charge is -2.15. The molecule has 0 spiro atoms. The number of halogens is 3. The minimum Gasteiger partial charge on any atom is -0.350 e. The largest absolute Gasteiger partial charge is 0.350 e. The number of hydrogen-bond donors (Lipinski definition) is 2. The normalized spacial score (nSPS) is 16.0. The first-order valence-corrected chi connectivity index (χ1v) is 11.2. The van der Waals surface area contributed by atoms with Crippen molar-refractivity contribution >= 4 is 40.3 Å². The molecular formula is C23H21Cl2FN6. The number of aromatic nitrogens is 4. The molecule has 2 aromatic heterocycles. The van der Waals surface area contributed by atoms with Crippen LogP contribution in [0.4, 0.5) is 10.3 Å². The van der Waals surface area contributed by atoms with Gasteiger partial charge in [-0.3, -0.25) is 0 Å². The summed E-state index contributed by atoms with van der Waals surface area (Å²) in [5.74, 6) is 1.25. The standard InChI is InChI=1S/C23H21Cl2FN6/c24-16-5-3-6-17(25)20(16)22-30-19-12-29-23(28-11-15-4-1-2-7-18(15)26)31-21(19)32(22)13-14-8-9-27-10-14/h1-7,12,14,27H,8-11,13H2,(H,28,29,31)/t14-/m1/s1. The van der Waals surface area contributed by atoms with E-state index in [4.69, 9.17) is 33.2 Å². The van der Waals surface area contributed by atoms with E-state index in [1.54, 1.807) is 36.5 Å². The van der Waals surface area contributed by atoms with Gasteiger partial charge in [0.15, 0.2) is 5.65 Å². The number of benzene rings is 2. The number of nitrogens with zero attached hydrogens (tertiary/aromatic N) is 4. The van der Waals surface area contributed by atoms with Crippen molar-refractivity contribution in [2.75, 3.05) is 18.4 Å². The first-order chi connectivity index (χ1) is 15.6. The summed E-state index contributed by atoms with van der Waals surface area (Å²) in [6.45, 7) is 2.93. The maximum atomic E-state index is 14.0. The first kappa shape index (κ1) is 21.1. The molecule has 1 saturated heterocycles. The van der Waals surface area contributed by atoms with E-state index in [0.29, 0.717) is 50.0 Å². The monoisotopic (exact) mass is 470 g/mol. The molecule has 0 amide bonds. The van der Waals surface area contributed by atoms with Crippen LogP contribution < -0.4 is 10.6 Å². The highest BCUT2D eigenvalue weighted by Gasteiger charge is 2.23. The summed E-state index contributed by atoms with van der Waals surface area (Å²) in [6.07, 6.45) is 2.74. The lowest BCUT2D eigenvalue weighted by Crippen LogP contribution is -2.16. The summed E-state index contributed by atoms with van der Waals surface area (Å²) in [4.78, 5) is 13.9. The van der Waals surface area contributed by atoms with Crippen molar-refractivity contribution in [2.45, 2.75) is 19.5 Å². The zero-order valence-electron chi connectivity index (χ0n) is 17.2. The summed E-state index contributed by atoms with van der Waals surface area (Å²) < 4.78 is 16.0. The van der Waals surface area contributed by atoms with Crippen LogP contribution in [-0.4, -0.2) is 32.6 Å². The van der Waals surface area contributed by atoms with E-state index in [0.717, 1.165) is 26.1 Å². The van der Waals surface area contributed by atoms with Crippen LogP contribution in [0.3, 0.4) is 0 Å². The van der Waals surface area contributed by atoms with Gasteiger partial charge in [-0.15, -0.1) is 0 Å². The zero-order valence-corrected chi connectivity index (χ0v) is 18.7. The summed E-state index contributed by atoms with van der Waals surface area (Å²) in [5, 5.41) is 7.59. The Kier molecular flexibility index (Phi) is 5.95. The minimum atomic E-state index is -0.268. The van der Waals surface area contributed by atoms with E-state index in [9.17, 15) is 4.39 Å². The van der Waals surface area contributed by atoms with Crippen molar-refractivity contribution in [3.63, 3.8) is 0 Å². The molecule has 1 atom stereocenters. The molecule has 3 heterocycles. The highest BCUT2D eigenvalue weighted by atomic mass is 35.5. The van der Waals surface area contributed by atoms with Gasteiger partial charge in [0.1, 0.15) is 17.2 Å². The van der Waals surface area contributed by atoms with Gasteiger partial charge in [0, 0.05) is 18.7 Å². The quantitative estimate of drug-likeness (QED) is 0.407. The van der Waals surface area contributed by atoms with E-state index in [2.05, 4.69) is 20.2 Å². The highest BCUT2D eigenvalue weighted by molar-refractivity contribution is 6.39. The molecule has 6 nitrogen and oxygen atoms in total. The minimum absolute atomic E-state index is 0.268. The lowest BCUT2D eigenvalue weighted by molar-refractivity contribution is 0.490. The third kappa shape index (κ3) is 4.16. The SMILES string of the molecule is Fc1ccccc1CNc1ncc2nc(-c3c(Cl)cccc3Cl)n(C[C@@H]3CCNC3)c2n1. The van der Waals surface area contributed by atoms with E-state index >= 15 is 0 Å². The highest BCUT2D eigenvalue weighted by Crippen LogP contribution is 2.36. The smallest absolute Gasteiger partial charge is 0.225 e. The van der Waals surface area contributed by atoms with Crippen LogP contribution in [0.1, 0.15) is 12.0 Å². The Balaban J connectivity index is 1.55. The Morgan fingerprint density at radius 3 is 2.66 bits per heavy atom. The molecule has 2 N–H and O–H groups in total. The molecule has 0 unspecified atom stereocenters. The number of imidazole rings is 1. The van der Waals surface area contributed by atoms with Crippen molar-refractivity contribution < 1.29 is 4.39 Å². The number of hydrogen-bond acceptors (Lipinski definition) is 5. The van der Waals surface area contributed by atoms with Gasteiger partial charge in [-0.25, -0.2) is 14.4 Å². The van der Waals surface area contributed by atoms with Crippen molar-refractivity contribution in [1.29, 1.82) is 0 Å². The second kappa shape index (κ2) is 9.02. The molecule has 1 aliphatic heterocycles. The molecule has 32 heavy (non-hydrogen) atoms. The zero-order chi connectivity index (χ0) is 22.1. The van der Waals surface area contributed by atoms with Gasteiger partial charge >= 0.3 is 0 Å².